The van der Waals surface area contributed by atoms with Crippen molar-refractivity contribution in [1.29, 1.82) is 0 Å². The van der Waals surface area contributed by atoms with Crippen LogP contribution in [0.4, 0.5) is 4.79 Å². The number of hydrogen-bond acceptors (Lipinski definition) is 6. The van der Waals surface area contributed by atoms with E-state index in [1.54, 1.807) is 20.8 Å². The second-order valence-electron chi connectivity index (χ2n) is 12.2. The lowest BCUT2D eigenvalue weighted by molar-refractivity contribution is -0.143. The molecule has 3 N–H and O–H groups in total. The fourth-order valence-electron chi connectivity index (χ4n) is 5.36. The van der Waals surface area contributed by atoms with Crippen molar-refractivity contribution in [2.75, 3.05) is 13.1 Å². The summed E-state index contributed by atoms with van der Waals surface area (Å²) in [6, 6.07) is 5.23. The Morgan fingerprint density at radius 2 is 1.65 bits per heavy atom. The van der Waals surface area contributed by atoms with Gasteiger partial charge in [0.05, 0.1) is 6.04 Å². The van der Waals surface area contributed by atoms with E-state index in [2.05, 4.69) is 36.4 Å². The number of carbonyl (C=O) groups is 5. The molecule has 1 unspecified atom stereocenters. The van der Waals surface area contributed by atoms with E-state index >= 15 is 0 Å². The third kappa shape index (κ3) is 10.5. The van der Waals surface area contributed by atoms with E-state index in [4.69, 9.17) is 4.74 Å². The fourth-order valence-corrected chi connectivity index (χ4v) is 5.36. The third-order valence-corrected chi connectivity index (χ3v) is 7.17. The van der Waals surface area contributed by atoms with Crippen LogP contribution in [0.2, 0.25) is 0 Å². The summed E-state index contributed by atoms with van der Waals surface area (Å²) in [6.07, 6.45) is 5.11. The Bertz CT molecular complexity index is 1120. The lowest BCUT2D eigenvalue weighted by Crippen LogP contribution is -2.58. The van der Waals surface area contributed by atoms with Crippen molar-refractivity contribution in [2.45, 2.75) is 110 Å². The van der Waals surface area contributed by atoms with Crippen molar-refractivity contribution >= 4 is 29.6 Å². The van der Waals surface area contributed by atoms with E-state index in [1.165, 1.54) is 17.4 Å². The number of fused-ring (bicyclic) bond motifs is 1. The molecule has 2 aliphatic rings. The summed E-state index contributed by atoms with van der Waals surface area (Å²) in [7, 11) is 0. The van der Waals surface area contributed by atoms with Crippen molar-refractivity contribution in [3.63, 3.8) is 0 Å². The fraction of sp³-hybridized carbons (Fsp3) is 0.606. The van der Waals surface area contributed by atoms with Crippen LogP contribution in [0.15, 0.2) is 36.9 Å². The predicted octanol–water partition coefficient (Wildman–Crippen LogP) is 3.86. The van der Waals surface area contributed by atoms with Crippen LogP contribution in [-0.4, -0.2) is 71.3 Å². The zero-order valence-electron chi connectivity index (χ0n) is 26.7. The van der Waals surface area contributed by atoms with Gasteiger partial charge < -0.3 is 25.6 Å². The number of rotatable bonds is 11. The SMILES string of the molecule is C=CCNC(=O)C(=O)C(CCC)NC(=O)[C@@H]1CCCN1C(=O)[C@@H](NC(=O)OC(C)(C)C)C1Cc2ccccc2C1.CCC. The first kappa shape index (κ1) is 35.5. The quantitative estimate of drug-likeness (QED) is 0.262. The molecule has 0 spiro atoms. The number of carbonyl (C=O) groups excluding carboxylic acids is 5. The largest absolute Gasteiger partial charge is 0.444 e. The highest BCUT2D eigenvalue weighted by atomic mass is 16.6. The molecule has 0 bridgehead atoms. The van der Waals surface area contributed by atoms with E-state index in [-0.39, 0.29) is 24.8 Å². The Hall–Kier alpha value is -3.69. The molecule has 3 rings (SSSR count). The topological polar surface area (TPSA) is 134 Å². The Balaban J connectivity index is 0.00000206. The van der Waals surface area contributed by atoms with Gasteiger partial charge in [-0.1, -0.05) is 64.0 Å². The summed E-state index contributed by atoms with van der Waals surface area (Å²) in [5.41, 5.74) is 1.51. The van der Waals surface area contributed by atoms with Gasteiger partial charge in [0, 0.05) is 13.1 Å². The van der Waals surface area contributed by atoms with Crippen molar-refractivity contribution in [3.8, 4) is 0 Å². The molecule has 3 atom stereocenters. The maximum Gasteiger partial charge on any atom is 0.408 e. The van der Waals surface area contributed by atoms with Gasteiger partial charge in [0.25, 0.3) is 5.91 Å². The molecule has 1 aliphatic heterocycles. The molecule has 1 aromatic carbocycles. The van der Waals surface area contributed by atoms with Gasteiger partial charge in [-0.15, -0.1) is 6.58 Å². The average Bonchev–Trinajstić information content (AvgIpc) is 3.61. The minimum absolute atomic E-state index is 0.138. The Kier molecular flexibility index (Phi) is 13.9. The molecule has 1 aromatic rings. The van der Waals surface area contributed by atoms with E-state index in [0.717, 1.165) is 11.1 Å². The molecule has 4 amide bonds. The summed E-state index contributed by atoms with van der Waals surface area (Å²) in [5.74, 6) is -2.57. The summed E-state index contributed by atoms with van der Waals surface area (Å²) in [4.78, 5) is 66.7. The van der Waals surface area contributed by atoms with E-state index in [0.29, 0.717) is 38.6 Å². The maximum atomic E-state index is 14.0. The summed E-state index contributed by atoms with van der Waals surface area (Å²) in [5, 5.41) is 7.97. The lowest BCUT2D eigenvalue weighted by Gasteiger charge is -2.32. The summed E-state index contributed by atoms with van der Waals surface area (Å²) in [6.45, 7) is 15.4. The number of likely N-dealkylation sites (tertiary alicyclic amines) is 1. The van der Waals surface area contributed by atoms with Gasteiger partial charge in [-0.05, 0) is 69.9 Å². The highest BCUT2D eigenvalue weighted by Crippen LogP contribution is 2.31. The van der Waals surface area contributed by atoms with Crippen LogP contribution in [-0.2, 0) is 36.8 Å². The second-order valence-corrected chi connectivity index (χ2v) is 12.2. The van der Waals surface area contributed by atoms with Gasteiger partial charge in [0.15, 0.2) is 0 Å². The molecule has 1 aliphatic carbocycles. The average molecular weight is 599 g/mol. The second kappa shape index (κ2) is 16.8. The maximum absolute atomic E-state index is 14.0. The van der Waals surface area contributed by atoms with Crippen LogP contribution in [0.25, 0.3) is 0 Å². The minimum atomic E-state index is -1.00. The highest BCUT2D eigenvalue weighted by Gasteiger charge is 2.43. The van der Waals surface area contributed by atoms with Gasteiger partial charge in [0.2, 0.25) is 17.6 Å². The third-order valence-electron chi connectivity index (χ3n) is 7.17. The molecule has 0 saturated carbocycles. The van der Waals surface area contributed by atoms with Crippen LogP contribution in [0.5, 0.6) is 0 Å². The normalized spacial score (nSPS) is 17.4. The van der Waals surface area contributed by atoms with Crippen molar-refractivity contribution in [1.82, 2.24) is 20.9 Å². The summed E-state index contributed by atoms with van der Waals surface area (Å²) < 4.78 is 5.47. The molecule has 43 heavy (non-hydrogen) atoms. The van der Waals surface area contributed by atoms with E-state index in [9.17, 15) is 24.0 Å². The standard InChI is InChI=1S/C30H42N4O6.C3H8/c1-6-11-22(25(35)27(37)31-15-7-2)32-26(36)23-14-10-16-34(23)28(38)24(33-29(39)40-30(3,4)5)21-17-19-12-8-9-13-20(19)18-21;1-3-2/h7-9,12-13,21-24H,2,6,10-11,14-18H2,1,3-5H3,(H,31,37)(H,32,36)(H,33,39);3H2,1-2H3/t22?,23-,24-;/m0./s1. The first-order valence-corrected chi connectivity index (χ1v) is 15.5. The molecular weight excluding hydrogens is 548 g/mol. The number of alkyl carbamates (subject to hydrolysis) is 1. The molecule has 1 saturated heterocycles. The lowest BCUT2D eigenvalue weighted by atomic mass is 9.95. The zero-order valence-corrected chi connectivity index (χ0v) is 26.7. The zero-order chi connectivity index (χ0) is 32.2. The van der Waals surface area contributed by atoms with Crippen LogP contribution in [0, 0.1) is 5.92 Å². The smallest absolute Gasteiger partial charge is 0.408 e. The molecule has 0 aromatic heterocycles. The number of ether oxygens (including phenoxy) is 1. The van der Waals surface area contributed by atoms with Gasteiger partial charge in [-0.25, -0.2) is 4.79 Å². The number of nitrogens with zero attached hydrogens (tertiary/aromatic N) is 1. The van der Waals surface area contributed by atoms with E-state index < -0.39 is 47.4 Å². The van der Waals surface area contributed by atoms with Gasteiger partial charge in [-0.2, -0.15) is 0 Å². The molecule has 0 radical (unpaired) electrons. The molecule has 238 valence electrons. The molecule has 10 nitrogen and oxygen atoms in total. The van der Waals surface area contributed by atoms with Crippen LogP contribution >= 0.6 is 0 Å². The van der Waals surface area contributed by atoms with Crippen LogP contribution in [0.3, 0.4) is 0 Å². The van der Waals surface area contributed by atoms with Crippen molar-refractivity contribution < 1.29 is 28.7 Å². The van der Waals surface area contributed by atoms with Crippen LogP contribution in [0.1, 0.15) is 84.8 Å². The first-order chi connectivity index (χ1) is 20.4. The number of Topliss-reactive ketones (excluding diaryl/α,β-unsaturated/α-hetero) is 1. The van der Waals surface area contributed by atoms with Crippen LogP contribution < -0.4 is 16.0 Å². The van der Waals surface area contributed by atoms with Crippen molar-refractivity contribution in [2.24, 2.45) is 5.92 Å². The molecule has 10 heteroatoms. The monoisotopic (exact) mass is 598 g/mol. The Labute approximate surface area is 256 Å². The number of nitrogens with one attached hydrogen (secondary N) is 3. The number of hydrogen-bond donors (Lipinski definition) is 3. The summed E-state index contributed by atoms with van der Waals surface area (Å²) >= 11 is 0. The number of amides is 4. The first-order valence-electron chi connectivity index (χ1n) is 15.5. The van der Waals surface area contributed by atoms with Gasteiger partial charge in [0.1, 0.15) is 17.7 Å². The number of ketones is 1. The number of benzene rings is 1. The van der Waals surface area contributed by atoms with Gasteiger partial charge in [-0.3, -0.25) is 19.2 Å². The van der Waals surface area contributed by atoms with Gasteiger partial charge >= 0.3 is 6.09 Å². The molecule has 1 heterocycles. The van der Waals surface area contributed by atoms with Crippen molar-refractivity contribution in [3.05, 3.63) is 48.0 Å². The predicted molar refractivity (Wildman–Crippen MR) is 166 cm³/mol. The Morgan fingerprint density at radius 1 is 1.05 bits per heavy atom. The molecule has 1 fully saturated rings. The highest BCUT2D eigenvalue weighted by molar-refractivity contribution is 6.38. The minimum Gasteiger partial charge on any atom is -0.444 e. The molecular formula is C33H50N4O6. The Morgan fingerprint density at radius 3 is 2.19 bits per heavy atom. The van der Waals surface area contributed by atoms with E-state index in [1.807, 2.05) is 31.2 Å².